The van der Waals surface area contributed by atoms with Gasteiger partial charge < -0.3 is 4.74 Å². The molecule has 6 nitrogen and oxygen atoms in total. The number of hydrogen-bond acceptors (Lipinski definition) is 4. The number of urea groups is 1. The molecular weight excluding hydrogens is 340 g/mol. The molecule has 1 aromatic rings. The van der Waals surface area contributed by atoms with E-state index in [4.69, 9.17) is 4.74 Å². The lowest BCUT2D eigenvalue weighted by molar-refractivity contribution is -0.148. The van der Waals surface area contributed by atoms with Crippen LogP contribution < -0.4 is 15.0 Å². The number of benzene rings is 1. The molecule has 7 heteroatoms. The topological polar surface area (TPSA) is 75.7 Å². The zero-order chi connectivity index (χ0) is 15.2. The quantitative estimate of drug-likeness (QED) is 0.828. The molecule has 4 amide bonds. The zero-order valence-electron chi connectivity index (χ0n) is 11.3. The van der Waals surface area contributed by atoms with E-state index >= 15 is 0 Å². The number of anilines is 1. The number of nitrogens with one attached hydrogen (secondary N) is 1. The van der Waals surface area contributed by atoms with Crippen LogP contribution in [-0.4, -0.2) is 25.0 Å². The predicted molar refractivity (Wildman–Crippen MR) is 78.0 cm³/mol. The van der Waals surface area contributed by atoms with Crippen LogP contribution in [0.2, 0.25) is 0 Å². The molecule has 1 heterocycles. The molecule has 0 unspecified atom stereocenters. The summed E-state index contributed by atoms with van der Waals surface area (Å²) >= 11 is 3.32. The Labute approximate surface area is 129 Å². The smallest absolute Gasteiger partial charge is 0.335 e. The van der Waals surface area contributed by atoms with Gasteiger partial charge >= 0.3 is 6.03 Å². The van der Waals surface area contributed by atoms with Crippen molar-refractivity contribution in [2.45, 2.75) is 19.3 Å². The normalized spacial score (nSPS) is 20.3. The SMILES string of the molecule is COc1cc(N2C(=O)NC(=O)C3(CCC3)C2=O)ccc1Br. The molecular formula is C14H13BrN2O4. The number of hydrogen-bond donors (Lipinski definition) is 1. The van der Waals surface area contributed by atoms with E-state index in [-0.39, 0.29) is 0 Å². The molecule has 0 aromatic heterocycles. The third-order valence-corrected chi connectivity index (χ3v) is 4.73. The molecule has 3 rings (SSSR count). The maximum Gasteiger partial charge on any atom is 0.335 e. The van der Waals surface area contributed by atoms with E-state index in [1.165, 1.54) is 7.11 Å². The average molecular weight is 353 g/mol. The molecule has 110 valence electrons. The number of amides is 4. The van der Waals surface area contributed by atoms with Crippen molar-refractivity contribution in [3.8, 4) is 5.75 Å². The Morgan fingerprint density at radius 2 is 2.00 bits per heavy atom. The minimum Gasteiger partial charge on any atom is -0.495 e. The summed E-state index contributed by atoms with van der Waals surface area (Å²) in [6.45, 7) is 0. The number of carbonyl (C=O) groups excluding carboxylic acids is 3. The van der Waals surface area contributed by atoms with E-state index in [1.54, 1.807) is 18.2 Å². The number of methoxy groups -OCH3 is 1. The third kappa shape index (κ3) is 1.95. The van der Waals surface area contributed by atoms with Gasteiger partial charge in [-0.1, -0.05) is 6.42 Å². The van der Waals surface area contributed by atoms with Crippen LogP contribution in [0, 0.1) is 5.41 Å². The lowest BCUT2D eigenvalue weighted by Gasteiger charge is -2.44. The highest BCUT2D eigenvalue weighted by molar-refractivity contribution is 9.10. The summed E-state index contributed by atoms with van der Waals surface area (Å²) in [5, 5.41) is 2.28. The van der Waals surface area contributed by atoms with Crippen molar-refractivity contribution in [1.29, 1.82) is 0 Å². The Kier molecular flexibility index (Phi) is 3.24. The summed E-state index contributed by atoms with van der Waals surface area (Å²) in [6, 6.07) is 4.20. The van der Waals surface area contributed by atoms with E-state index < -0.39 is 23.3 Å². The molecule has 1 N–H and O–H groups in total. The fourth-order valence-corrected chi connectivity index (χ4v) is 3.08. The Bertz CT molecular complexity index is 654. The maximum absolute atomic E-state index is 12.6. The molecule has 1 spiro atoms. The van der Waals surface area contributed by atoms with Crippen LogP contribution in [0.4, 0.5) is 10.5 Å². The Morgan fingerprint density at radius 1 is 1.29 bits per heavy atom. The molecule has 0 bridgehead atoms. The van der Waals surface area contributed by atoms with Crippen LogP contribution in [0.5, 0.6) is 5.75 Å². The highest BCUT2D eigenvalue weighted by Gasteiger charge is 2.57. The highest BCUT2D eigenvalue weighted by Crippen LogP contribution is 2.45. The van der Waals surface area contributed by atoms with Gasteiger partial charge in [-0.3, -0.25) is 14.9 Å². The van der Waals surface area contributed by atoms with Gasteiger partial charge in [-0.25, -0.2) is 9.69 Å². The number of nitrogens with zero attached hydrogens (tertiary/aromatic N) is 1. The average Bonchev–Trinajstić information content (AvgIpc) is 2.38. The largest absolute Gasteiger partial charge is 0.495 e. The minimum absolute atomic E-state index is 0.385. The van der Waals surface area contributed by atoms with Gasteiger partial charge in [-0.05, 0) is 40.9 Å². The van der Waals surface area contributed by atoms with Gasteiger partial charge in [0.25, 0.3) is 5.91 Å². The Morgan fingerprint density at radius 3 is 2.57 bits per heavy atom. The first-order valence-corrected chi connectivity index (χ1v) is 7.32. The first-order chi connectivity index (χ1) is 9.99. The number of ether oxygens (including phenoxy) is 1. The van der Waals surface area contributed by atoms with Gasteiger partial charge in [0.15, 0.2) is 0 Å². The van der Waals surface area contributed by atoms with Crippen LogP contribution in [0.25, 0.3) is 0 Å². The monoisotopic (exact) mass is 352 g/mol. The fraction of sp³-hybridized carbons (Fsp3) is 0.357. The number of imide groups is 2. The highest BCUT2D eigenvalue weighted by atomic mass is 79.9. The lowest BCUT2D eigenvalue weighted by Crippen LogP contribution is -2.66. The van der Waals surface area contributed by atoms with E-state index in [2.05, 4.69) is 21.2 Å². The maximum atomic E-state index is 12.6. The lowest BCUT2D eigenvalue weighted by atomic mass is 9.66. The summed E-state index contributed by atoms with van der Waals surface area (Å²) < 4.78 is 5.89. The van der Waals surface area contributed by atoms with Crippen molar-refractivity contribution in [2.24, 2.45) is 5.41 Å². The number of carbonyl (C=O) groups is 3. The van der Waals surface area contributed by atoms with Crippen LogP contribution in [0.15, 0.2) is 22.7 Å². The molecule has 1 aromatic carbocycles. The van der Waals surface area contributed by atoms with Crippen molar-refractivity contribution < 1.29 is 19.1 Å². The number of halogens is 1. The second kappa shape index (κ2) is 4.84. The van der Waals surface area contributed by atoms with Crippen LogP contribution in [-0.2, 0) is 9.59 Å². The van der Waals surface area contributed by atoms with Gasteiger partial charge in [-0.2, -0.15) is 0 Å². The van der Waals surface area contributed by atoms with Gasteiger partial charge in [-0.15, -0.1) is 0 Å². The van der Waals surface area contributed by atoms with E-state index in [9.17, 15) is 14.4 Å². The first-order valence-electron chi connectivity index (χ1n) is 6.53. The third-order valence-electron chi connectivity index (χ3n) is 4.07. The van der Waals surface area contributed by atoms with Crippen molar-refractivity contribution in [2.75, 3.05) is 12.0 Å². The van der Waals surface area contributed by atoms with Crippen molar-refractivity contribution >= 4 is 39.5 Å². The van der Waals surface area contributed by atoms with Crippen LogP contribution in [0.3, 0.4) is 0 Å². The van der Waals surface area contributed by atoms with Gasteiger partial charge in [0.2, 0.25) is 5.91 Å². The number of barbiturate groups is 1. The van der Waals surface area contributed by atoms with Gasteiger partial charge in [0, 0.05) is 6.07 Å². The fourth-order valence-electron chi connectivity index (χ4n) is 2.67. The second-order valence-corrected chi connectivity index (χ2v) is 6.01. The molecule has 21 heavy (non-hydrogen) atoms. The standard InChI is InChI=1S/C14H13BrN2O4/c1-21-10-7-8(3-4-9(10)15)17-12(19)14(5-2-6-14)11(18)16-13(17)20/h3-4,7H,2,5-6H2,1H3,(H,16,18,20). The summed E-state index contributed by atoms with van der Waals surface area (Å²) in [5.74, 6) is -0.427. The van der Waals surface area contributed by atoms with Crippen molar-refractivity contribution in [1.82, 2.24) is 5.32 Å². The van der Waals surface area contributed by atoms with Gasteiger partial charge in [0.1, 0.15) is 11.2 Å². The van der Waals surface area contributed by atoms with Gasteiger partial charge in [0.05, 0.1) is 17.3 Å². The van der Waals surface area contributed by atoms with Crippen LogP contribution in [0.1, 0.15) is 19.3 Å². The zero-order valence-corrected chi connectivity index (χ0v) is 12.9. The summed E-state index contributed by atoms with van der Waals surface area (Å²) in [4.78, 5) is 37.7. The molecule has 0 radical (unpaired) electrons. The van der Waals surface area contributed by atoms with Crippen molar-refractivity contribution in [3.05, 3.63) is 22.7 Å². The summed E-state index contributed by atoms with van der Waals surface area (Å²) in [7, 11) is 1.50. The van der Waals surface area contributed by atoms with Crippen molar-refractivity contribution in [3.63, 3.8) is 0 Å². The summed E-state index contributed by atoms with van der Waals surface area (Å²) in [6.07, 6.45) is 1.77. The minimum atomic E-state index is -1.08. The first kappa shape index (κ1) is 14.1. The Balaban J connectivity index is 2.02. The van der Waals surface area contributed by atoms with E-state index in [1.807, 2.05) is 0 Å². The Hall–Kier alpha value is -1.89. The number of rotatable bonds is 2. The molecule has 2 aliphatic rings. The molecule has 2 fully saturated rings. The van der Waals surface area contributed by atoms with Crippen LogP contribution >= 0.6 is 15.9 Å². The van der Waals surface area contributed by atoms with E-state index in [0.717, 1.165) is 11.3 Å². The predicted octanol–water partition coefficient (Wildman–Crippen LogP) is 2.21. The molecule has 1 saturated carbocycles. The molecule has 0 atom stereocenters. The van der Waals surface area contributed by atoms with E-state index in [0.29, 0.717) is 28.8 Å². The second-order valence-electron chi connectivity index (χ2n) is 5.15. The summed E-state index contributed by atoms with van der Waals surface area (Å²) in [5.41, 5.74) is -0.690. The molecule has 1 aliphatic heterocycles. The molecule has 1 aliphatic carbocycles. The molecule has 1 saturated heterocycles.